The monoisotopic (exact) mass is 396 g/mol. The molecule has 2 fully saturated rings. The summed E-state index contributed by atoms with van der Waals surface area (Å²) in [5.74, 6) is -1.43. The number of anilines is 1. The summed E-state index contributed by atoms with van der Waals surface area (Å²) in [6.45, 7) is 6.07. The van der Waals surface area contributed by atoms with Gasteiger partial charge in [-0.1, -0.05) is 15.9 Å². The number of morpholine rings is 1. The van der Waals surface area contributed by atoms with Crippen LogP contribution in [0.4, 0.5) is 5.69 Å². The molecule has 0 aliphatic carbocycles. The van der Waals surface area contributed by atoms with Crippen molar-refractivity contribution in [1.29, 1.82) is 0 Å². The van der Waals surface area contributed by atoms with Gasteiger partial charge in [-0.15, -0.1) is 0 Å². The first-order valence-electron chi connectivity index (χ1n) is 8.34. The van der Waals surface area contributed by atoms with E-state index in [1.807, 2.05) is 25.1 Å². The molecule has 0 N–H and O–H groups in total. The Labute approximate surface area is 149 Å². The number of ether oxygens (including phenoxy) is 3. The standard InChI is InChI=1S/C17H21BrN2O4/c1-12-4-7-23-17(24-12)14-10-13(18)2-3-15(14)20(16(17)21)11-19-5-8-22-9-6-19/h2-3,10,12H,4-9,11H2,1H3/t12-,17-/m1/s1. The zero-order chi connectivity index (χ0) is 16.7. The maximum absolute atomic E-state index is 13.3. The van der Waals surface area contributed by atoms with Crippen LogP contribution in [-0.2, 0) is 24.8 Å². The van der Waals surface area contributed by atoms with Crippen LogP contribution in [-0.4, -0.2) is 56.5 Å². The molecule has 0 aromatic heterocycles. The lowest BCUT2D eigenvalue weighted by Crippen LogP contribution is -2.52. The third kappa shape index (κ3) is 2.68. The second kappa shape index (κ2) is 6.38. The van der Waals surface area contributed by atoms with Crippen LogP contribution in [0.25, 0.3) is 0 Å². The molecule has 0 saturated carbocycles. The van der Waals surface area contributed by atoms with Crippen molar-refractivity contribution < 1.29 is 19.0 Å². The van der Waals surface area contributed by atoms with E-state index in [0.29, 0.717) is 26.5 Å². The maximum Gasteiger partial charge on any atom is 0.293 e. The lowest BCUT2D eigenvalue weighted by atomic mass is 10.1. The van der Waals surface area contributed by atoms with Crippen LogP contribution in [0.5, 0.6) is 0 Å². The third-order valence-electron chi connectivity index (χ3n) is 4.77. The molecule has 0 unspecified atom stereocenters. The Morgan fingerprint density at radius 1 is 1.29 bits per heavy atom. The van der Waals surface area contributed by atoms with Gasteiger partial charge in [0.15, 0.2) is 0 Å². The predicted octanol–water partition coefficient (Wildman–Crippen LogP) is 2.06. The zero-order valence-electron chi connectivity index (χ0n) is 13.7. The van der Waals surface area contributed by atoms with E-state index in [9.17, 15) is 4.79 Å². The molecule has 6 nitrogen and oxygen atoms in total. The summed E-state index contributed by atoms with van der Waals surface area (Å²) in [5.41, 5.74) is 1.66. The molecule has 1 aromatic rings. The van der Waals surface area contributed by atoms with Crippen LogP contribution < -0.4 is 4.90 Å². The summed E-state index contributed by atoms with van der Waals surface area (Å²) in [6, 6.07) is 5.84. The van der Waals surface area contributed by atoms with Gasteiger partial charge in [-0.25, -0.2) is 0 Å². The number of nitrogens with zero attached hydrogens (tertiary/aromatic N) is 2. The van der Waals surface area contributed by atoms with E-state index in [-0.39, 0.29) is 12.0 Å². The Bertz CT molecular complexity index is 649. The number of amides is 1. The fourth-order valence-electron chi connectivity index (χ4n) is 3.49. The quantitative estimate of drug-likeness (QED) is 0.765. The minimum Gasteiger partial charge on any atom is -0.379 e. The molecule has 7 heteroatoms. The van der Waals surface area contributed by atoms with E-state index >= 15 is 0 Å². The summed E-state index contributed by atoms with van der Waals surface area (Å²) in [7, 11) is 0. The van der Waals surface area contributed by atoms with Gasteiger partial charge < -0.3 is 14.2 Å². The van der Waals surface area contributed by atoms with Crippen molar-refractivity contribution in [2.75, 3.05) is 44.5 Å². The highest BCUT2D eigenvalue weighted by atomic mass is 79.9. The number of rotatable bonds is 2. The molecule has 1 amide bonds. The van der Waals surface area contributed by atoms with Crippen molar-refractivity contribution >= 4 is 27.5 Å². The van der Waals surface area contributed by atoms with Crippen molar-refractivity contribution in [2.24, 2.45) is 0 Å². The maximum atomic E-state index is 13.3. The summed E-state index contributed by atoms with van der Waals surface area (Å²) in [4.78, 5) is 17.3. The van der Waals surface area contributed by atoms with Crippen molar-refractivity contribution in [2.45, 2.75) is 25.2 Å². The average Bonchev–Trinajstić information content (AvgIpc) is 2.78. The molecule has 3 aliphatic rings. The smallest absolute Gasteiger partial charge is 0.293 e. The molecule has 4 rings (SSSR count). The lowest BCUT2D eigenvalue weighted by molar-refractivity contribution is -0.278. The topological polar surface area (TPSA) is 51.2 Å². The van der Waals surface area contributed by atoms with Gasteiger partial charge in [0, 0.05) is 23.1 Å². The van der Waals surface area contributed by atoms with Gasteiger partial charge in [0.2, 0.25) is 0 Å². The molecular formula is C17H21BrN2O4. The van der Waals surface area contributed by atoms with Crippen LogP contribution in [0, 0.1) is 0 Å². The first-order valence-corrected chi connectivity index (χ1v) is 9.13. The Morgan fingerprint density at radius 3 is 2.83 bits per heavy atom. The Hall–Kier alpha value is -0.990. The highest BCUT2D eigenvalue weighted by molar-refractivity contribution is 9.10. The molecule has 0 bridgehead atoms. The van der Waals surface area contributed by atoms with E-state index in [1.54, 1.807) is 4.90 Å². The third-order valence-corrected chi connectivity index (χ3v) is 5.27. The molecule has 0 radical (unpaired) electrons. The fraction of sp³-hybridized carbons (Fsp3) is 0.588. The molecule has 2 saturated heterocycles. The molecule has 130 valence electrons. The zero-order valence-corrected chi connectivity index (χ0v) is 15.3. The minimum atomic E-state index is -1.30. The highest BCUT2D eigenvalue weighted by Crippen LogP contribution is 2.47. The summed E-state index contributed by atoms with van der Waals surface area (Å²) in [6.07, 6.45) is 0.778. The number of fused-ring (bicyclic) bond motifs is 2. The minimum absolute atomic E-state index is 0.0159. The number of hydrogen-bond acceptors (Lipinski definition) is 5. The van der Waals surface area contributed by atoms with E-state index in [0.717, 1.165) is 35.2 Å². The average molecular weight is 397 g/mol. The van der Waals surface area contributed by atoms with Crippen molar-refractivity contribution in [3.8, 4) is 0 Å². The van der Waals surface area contributed by atoms with Gasteiger partial charge in [-0.2, -0.15) is 0 Å². The second-order valence-electron chi connectivity index (χ2n) is 6.45. The largest absolute Gasteiger partial charge is 0.379 e. The molecule has 24 heavy (non-hydrogen) atoms. The fourth-order valence-corrected chi connectivity index (χ4v) is 3.85. The molecular weight excluding hydrogens is 376 g/mol. The van der Waals surface area contributed by atoms with Crippen molar-refractivity contribution in [3.63, 3.8) is 0 Å². The van der Waals surface area contributed by atoms with Crippen molar-refractivity contribution in [3.05, 3.63) is 28.2 Å². The highest BCUT2D eigenvalue weighted by Gasteiger charge is 2.56. The molecule has 1 spiro atoms. The van der Waals surface area contributed by atoms with E-state index in [4.69, 9.17) is 14.2 Å². The second-order valence-corrected chi connectivity index (χ2v) is 7.36. The number of halogens is 1. The molecule has 3 aliphatic heterocycles. The summed E-state index contributed by atoms with van der Waals surface area (Å²) >= 11 is 3.50. The van der Waals surface area contributed by atoms with Gasteiger partial charge in [0.1, 0.15) is 0 Å². The SMILES string of the molecule is C[C@@H]1CCO[C@]2(O1)C(=O)N(CN1CCOCC1)c1ccc(Br)cc12. The summed E-state index contributed by atoms with van der Waals surface area (Å²) in [5, 5.41) is 0. The normalized spacial score (nSPS) is 30.8. The van der Waals surface area contributed by atoms with Gasteiger partial charge in [-0.05, 0) is 31.5 Å². The number of carbonyl (C=O) groups excluding carboxylic acids is 1. The Balaban J connectivity index is 1.70. The van der Waals surface area contributed by atoms with Gasteiger partial charge in [0.25, 0.3) is 11.7 Å². The molecule has 2 atom stereocenters. The van der Waals surface area contributed by atoms with Crippen molar-refractivity contribution in [1.82, 2.24) is 4.90 Å². The van der Waals surface area contributed by atoms with E-state index < -0.39 is 5.79 Å². The van der Waals surface area contributed by atoms with Crippen LogP contribution in [0.1, 0.15) is 18.9 Å². The van der Waals surface area contributed by atoms with E-state index in [1.165, 1.54) is 0 Å². The predicted molar refractivity (Wildman–Crippen MR) is 91.7 cm³/mol. The Kier molecular flexibility index (Phi) is 4.38. The Morgan fingerprint density at radius 2 is 2.08 bits per heavy atom. The lowest BCUT2D eigenvalue weighted by Gasteiger charge is -2.37. The molecule has 1 aromatic carbocycles. The van der Waals surface area contributed by atoms with Gasteiger partial charge in [0.05, 0.1) is 38.3 Å². The van der Waals surface area contributed by atoms with Gasteiger partial charge >= 0.3 is 0 Å². The first kappa shape index (κ1) is 16.5. The first-order chi connectivity index (χ1) is 11.6. The number of carbonyl (C=O) groups is 1. The van der Waals surface area contributed by atoms with Crippen LogP contribution >= 0.6 is 15.9 Å². The number of benzene rings is 1. The number of hydrogen-bond donors (Lipinski definition) is 0. The van der Waals surface area contributed by atoms with E-state index in [2.05, 4.69) is 20.8 Å². The van der Waals surface area contributed by atoms with Gasteiger partial charge in [-0.3, -0.25) is 14.6 Å². The van der Waals surface area contributed by atoms with Crippen LogP contribution in [0.2, 0.25) is 0 Å². The van der Waals surface area contributed by atoms with Crippen LogP contribution in [0.3, 0.4) is 0 Å². The summed E-state index contributed by atoms with van der Waals surface area (Å²) < 4.78 is 18.3. The van der Waals surface area contributed by atoms with Crippen LogP contribution in [0.15, 0.2) is 22.7 Å². The molecule has 3 heterocycles.